The Labute approximate surface area is 139 Å². The van der Waals surface area contributed by atoms with Crippen molar-refractivity contribution >= 4 is 15.7 Å². The lowest BCUT2D eigenvalue weighted by Crippen LogP contribution is -2.15. The fourth-order valence-corrected chi connectivity index (χ4v) is 3.59. The number of aryl methyl sites for hydroxylation is 2. The van der Waals surface area contributed by atoms with Crippen molar-refractivity contribution in [2.45, 2.75) is 18.7 Å². The van der Waals surface area contributed by atoms with Crippen LogP contribution in [0.1, 0.15) is 11.5 Å². The average Bonchev–Trinajstić information content (AvgIpc) is 2.90. The van der Waals surface area contributed by atoms with Crippen molar-refractivity contribution in [3.05, 3.63) is 60.1 Å². The molecule has 0 saturated heterocycles. The summed E-state index contributed by atoms with van der Waals surface area (Å²) in [6.07, 6.45) is 1.52. The van der Waals surface area contributed by atoms with Crippen molar-refractivity contribution in [2.75, 3.05) is 4.72 Å². The second kappa shape index (κ2) is 6.32. The van der Waals surface area contributed by atoms with Gasteiger partial charge in [0.15, 0.2) is 10.7 Å². The summed E-state index contributed by atoms with van der Waals surface area (Å²) >= 11 is 0. The smallest absolute Gasteiger partial charge is 0.267 e. The second-order valence-electron chi connectivity index (χ2n) is 5.03. The molecule has 0 aliphatic rings. The Kier molecular flexibility index (Phi) is 4.22. The molecule has 0 aliphatic carbocycles. The molecule has 8 heteroatoms. The summed E-state index contributed by atoms with van der Waals surface area (Å²) < 4.78 is 38.3. The molecule has 3 aromatic rings. The molecule has 0 bridgehead atoms. The number of aromatic nitrogens is 2. The van der Waals surface area contributed by atoms with Crippen molar-refractivity contribution < 1.29 is 17.7 Å². The number of para-hydroxylation sites is 1. The van der Waals surface area contributed by atoms with Crippen LogP contribution in [-0.4, -0.2) is 18.6 Å². The van der Waals surface area contributed by atoms with Gasteiger partial charge in [0.1, 0.15) is 17.1 Å². The number of hydrogen-bond donors (Lipinski definition) is 1. The van der Waals surface area contributed by atoms with Gasteiger partial charge in [-0.15, -0.1) is 0 Å². The highest BCUT2D eigenvalue weighted by Crippen LogP contribution is 2.29. The Balaban J connectivity index is 1.94. The lowest BCUT2D eigenvalue weighted by molar-refractivity contribution is 0.390. The second-order valence-corrected chi connectivity index (χ2v) is 6.65. The molecule has 0 fully saturated rings. The van der Waals surface area contributed by atoms with E-state index in [1.807, 2.05) is 18.2 Å². The van der Waals surface area contributed by atoms with Crippen LogP contribution >= 0.6 is 0 Å². The molecule has 24 heavy (non-hydrogen) atoms. The Morgan fingerprint density at radius 3 is 2.50 bits per heavy atom. The fraction of sp³-hybridized carbons (Fsp3) is 0.125. The zero-order chi connectivity index (χ0) is 17.2. The molecule has 1 aromatic carbocycles. The van der Waals surface area contributed by atoms with Crippen LogP contribution in [0.25, 0.3) is 0 Å². The molecule has 2 aromatic heterocycles. The lowest BCUT2D eigenvalue weighted by Gasteiger charge is -2.12. The highest BCUT2D eigenvalue weighted by molar-refractivity contribution is 7.92. The van der Waals surface area contributed by atoms with E-state index < -0.39 is 10.0 Å². The number of nitrogens with zero attached hydrogens (tertiary/aromatic N) is 2. The summed E-state index contributed by atoms with van der Waals surface area (Å²) in [5.74, 6) is 0.919. The number of pyridine rings is 1. The normalized spacial score (nSPS) is 11.2. The third-order valence-corrected chi connectivity index (χ3v) is 4.82. The molecule has 0 unspecified atom stereocenters. The lowest BCUT2D eigenvalue weighted by atomic mass is 10.3. The van der Waals surface area contributed by atoms with E-state index in [0.29, 0.717) is 5.75 Å². The topological polar surface area (TPSA) is 94.3 Å². The van der Waals surface area contributed by atoms with E-state index in [1.165, 1.54) is 6.20 Å². The molecule has 124 valence electrons. The standard InChI is InChI=1S/C16H15N3O4S/c1-11-15(12(2)23-18-11)24(20,21)19-14-9-6-10-17-16(14)22-13-7-4-3-5-8-13/h3-10,19H,1-2H3. The van der Waals surface area contributed by atoms with Crippen LogP contribution in [0.3, 0.4) is 0 Å². The summed E-state index contributed by atoms with van der Waals surface area (Å²) in [5.41, 5.74) is 0.510. The molecule has 0 amide bonds. The van der Waals surface area contributed by atoms with Crippen LogP contribution in [0.5, 0.6) is 11.6 Å². The number of benzene rings is 1. The van der Waals surface area contributed by atoms with Crippen molar-refractivity contribution in [1.29, 1.82) is 0 Å². The molecule has 0 radical (unpaired) electrons. The Hall–Kier alpha value is -2.87. The van der Waals surface area contributed by atoms with Crippen LogP contribution in [0.4, 0.5) is 5.69 Å². The maximum absolute atomic E-state index is 12.6. The summed E-state index contributed by atoms with van der Waals surface area (Å²) in [6.45, 7) is 3.11. The molecule has 0 saturated carbocycles. The molecular weight excluding hydrogens is 330 g/mol. The molecule has 1 N–H and O–H groups in total. The Bertz CT molecular complexity index is 933. The first-order valence-electron chi connectivity index (χ1n) is 7.11. The zero-order valence-corrected chi connectivity index (χ0v) is 13.9. The van der Waals surface area contributed by atoms with Gasteiger partial charge >= 0.3 is 0 Å². The van der Waals surface area contributed by atoms with Crippen LogP contribution in [-0.2, 0) is 10.0 Å². The predicted molar refractivity (Wildman–Crippen MR) is 87.5 cm³/mol. The Morgan fingerprint density at radius 1 is 1.08 bits per heavy atom. The summed E-state index contributed by atoms with van der Waals surface area (Å²) in [7, 11) is -3.87. The summed E-state index contributed by atoms with van der Waals surface area (Å²) in [6, 6.07) is 12.2. The van der Waals surface area contributed by atoms with Gasteiger partial charge in [-0.05, 0) is 38.1 Å². The fourth-order valence-electron chi connectivity index (χ4n) is 2.20. The van der Waals surface area contributed by atoms with Gasteiger partial charge in [-0.25, -0.2) is 13.4 Å². The molecular formula is C16H15N3O4S. The van der Waals surface area contributed by atoms with E-state index in [1.54, 1.807) is 38.1 Å². The average molecular weight is 345 g/mol. The number of anilines is 1. The van der Waals surface area contributed by atoms with E-state index >= 15 is 0 Å². The Morgan fingerprint density at radius 2 is 1.83 bits per heavy atom. The number of nitrogens with one attached hydrogen (secondary N) is 1. The maximum atomic E-state index is 12.6. The van der Waals surface area contributed by atoms with Crippen molar-refractivity contribution in [3.8, 4) is 11.6 Å². The molecule has 0 spiro atoms. The number of hydrogen-bond acceptors (Lipinski definition) is 6. The largest absolute Gasteiger partial charge is 0.437 e. The predicted octanol–water partition coefficient (Wildman–Crippen LogP) is 3.28. The van der Waals surface area contributed by atoms with Crippen LogP contribution in [0.2, 0.25) is 0 Å². The first kappa shape index (κ1) is 16.0. The third kappa shape index (κ3) is 3.23. The van der Waals surface area contributed by atoms with Crippen molar-refractivity contribution in [1.82, 2.24) is 10.1 Å². The number of sulfonamides is 1. The van der Waals surface area contributed by atoms with Gasteiger partial charge in [-0.1, -0.05) is 23.4 Å². The van der Waals surface area contributed by atoms with Gasteiger partial charge in [-0.2, -0.15) is 0 Å². The van der Waals surface area contributed by atoms with Gasteiger partial charge < -0.3 is 9.26 Å². The van der Waals surface area contributed by atoms with Crippen LogP contribution < -0.4 is 9.46 Å². The molecule has 2 heterocycles. The SMILES string of the molecule is Cc1noc(C)c1S(=O)(=O)Nc1cccnc1Oc1ccccc1. The van der Waals surface area contributed by atoms with E-state index in [0.717, 1.165) is 0 Å². The first-order valence-corrected chi connectivity index (χ1v) is 8.59. The maximum Gasteiger partial charge on any atom is 0.267 e. The van der Waals surface area contributed by atoms with Gasteiger partial charge in [0.05, 0.1) is 0 Å². The monoisotopic (exact) mass is 345 g/mol. The van der Waals surface area contributed by atoms with Crippen molar-refractivity contribution in [2.24, 2.45) is 0 Å². The van der Waals surface area contributed by atoms with E-state index in [9.17, 15) is 8.42 Å². The quantitative estimate of drug-likeness (QED) is 0.762. The van der Waals surface area contributed by atoms with Crippen molar-refractivity contribution in [3.63, 3.8) is 0 Å². The molecule has 0 aliphatic heterocycles. The van der Waals surface area contributed by atoms with E-state index in [-0.39, 0.29) is 27.9 Å². The van der Waals surface area contributed by atoms with Gasteiger partial charge in [-0.3, -0.25) is 4.72 Å². The summed E-state index contributed by atoms with van der Waals surface area (Å²) in [5, 5.41) is 3.67. The van der Waals surface area contributed by atoms with Crippen LogP contribution in [0, 0.1) is 13.8 Å². The van der Waals surface area contributed by atoms with E-state index in [2.05, 4.69) is 14.9 Å². The highest BCUT2D eigenvalue weighted by Gasteiger charge is 2.25. The zero-order valence-electron chi connectivity index (χ0n) is 13.1. The summed E-state index contributed by atoms with van der Waals surface area (Å²) in [4.78, 5) is 4.11. The number of ether oxygens (including phenoxy) is 1. The minimum atomic E-state index is -3.87. The number of rotatable bonds is 5. The minimum Gasteiger partial charge on any atom is -0.437 e. The highest BCUT2D eigenvalue weighted by atomic mass is 32.2. The molecule has 7 nitrogen and oxygen atoms in total. The molecule has 0 atom stereocenters. The molecule has 3 rings (SSSR count). The van der Waals surface area contributed by atoms with Crippen LogP contribution in [0.15, 0.2) is 58.1 Å². The van der Waals surface area contributed by atoms with Gasteiger partial charge in [0.25, 0.3) is 10.0 Å². The van der Waals surface area contributed by atoms with Gasteiger partial charge in [0.2, 0.25) is 5.88 Å². The minimum absolute atomic E-state index is 0.0111. The van der Waals surface area contributed by atoms with E-state index in [4.69, 9.17) is 9.26 Å². The third-order valence-electron chi connectivity index (χ3n) is 3.21. The first-order chi connectivity index (χ1) is 11.5. The van der Waals surface area contributed by atoms with Gasteiger partial charge in [0, 0.05) is 6.20 Å².